The zero-order valence-electron chi connectivity index (χ0n) is 7.29. The molecule has 0 saturated carbocycles. The van der Waals surface area contributed by atoms with Crippen LogP contribution in [0.1, 0.15) is 13.3 Å². The van der Waals surface area contributed by atoms with Crippen molar-refractivity contribution in [1.29, 1.82) is 0 Å². The van der Waals surface area contributed by atoms with E-state index in [-0.39, 0.29) is 11.8 Å². The van der Waals surface area contributed by atoms with E-state index in [9.17, 15) is 9.59 Å². The van der Waals surface area contributed by atoms with Crippen molar-refractivity contribution in [3.8, 4) is 0 Å². The summed E-state index contributed by atoms with van der Waals surface area (Å²) < 4.78 is 4.53. The van der Waals surface area contributed by atoms with E-state index < -0.39 is 11.9 Å². The fraction of sp³-hybridized carbons (Fsp3) is 0.750. The summed E-state index contributed by atoms with van der Waals surface area (Å²) in [6.45, 7) is 2.55. The number of nitrogens with one attached hydrogen (secondary N) is 1. The molecule has 0 bridgehead atoms. The molecule has 1 rings (SSSR count). The molecule has 2 atom stereocenters. The summed E-state index contributed by atoms with van der Waals surface area (Å²) in [4.78, 5) is 22.3. The molecular formula is C8H13NO3. The van der Waals surface area contributed by atoms with Gasteiger partial charge in [-0.05, 0) is 12.3 Å². The highest BCUT2D eigenvalue weighted by Crippen LogP contribution is 2.20. The van der Waals surface area contributed by atoms with Gasteiger partial charge in [0.1, 0.15) is 5.92 Å². The van der Waals surface area contributed by atoms with E-state index in [1.165, 1.54) is 7.11 Å². The van der Waals surface area contributed by atoms with Gasteiger partial charge >= 0.3 is 5.97 Å². The van der Waals surface area contributed by atoms with Crippen LogP contribution in [0.5, 0.6) is 0 Å². The number of rotatable bonds is 1. The number of hydrogen-bond donors (Lipinski definition) is 1. The molecule has 1 saturated heterocycles. The van der Waals surface area contributed by atoms with E-state index in [2.05, 4.69) is 10.1 Å². The molecule has 1 heterocycles. The van der Waals surface area contributed by atoms with Crippen LogP contribution in [0.2, 0.25) is 0 Å². The molecule has 2 unspecified atom stereocenters. The number of amides is 1. The molecule has 1 N–H and O–H groups in total. The zero-order chi connectivity index (χ0) is 9.14. The predicted octanol–water partition coefficient (Wildman–Crippen LogP) is -0.0684. The molecule has 68 valence electrons. The van der Waals surface area contributed by atoms with Gasteiger partial charge in [0.2, 0.25) is 5.91 Å². The first-order valence-corrected chi connectivity index (χ1v) is 4.02. The Morgan fingerprint density at radius 2 is 2.33 bits per heavy atom. The Labute approximate surface area is 71.3 Å². The van der Waals surface area contributed by atoms with Gasteiger partial charge in [-0.3, -0.25) is 9.59 Å². The highest BCUT2D eigenvalue weighted by molar-refractivity contribution is 5.98. The van der Waals surface area contributed by atoms with Gasteiger partial charge in [-0.1, -0.05) is 6.92 Å². The summed E-state index contributed by atoms with van der Waals surface area (Å²) in [5, 5.41) is 2.64. The lowest BCUT2D eigenvalue weighted by Crippen LogP contribution is -2.45. The summed E-state index contributed by atoms with van der Waals surface area (Å²) in [5.74, 6) is -1.16. The van der Waals surface area contributed by atoms with Gasteiger partial charge in [0, 0.05) is 6.54 Å². The standard InChI is InChI=1S/C8H13NO3/c1-5-3-4-9-7(10)6(5)8(11)12-2/h5-6H,3-4H2,1-2H3,(H,9,10). The number of carbonyl (C=O) groups excluding carboxylic acids is 2. The fourth-order valence-electron chi connectivity index (χ4n) is 1.42. The first kappa shape index (κ1) is 9.03. The molecule has 1 aliphatic heterocycles. The summed E-state index contributed by atoms with van der Waals surface area (Å²) in [6.07, 6.45) is 0.839. The minimum atomic E-state index is -0.608. The summed E-state index contributed by atoms with van der Waals surface area (Å²) in [5.41, 5.74) is 0. The lowest BCUT2D eigenvalue weighted by atomic mass is 9.87. The van der Waals surface area contributed by atoms with Crippen LogP contribution in [0.3, 0.4) is 0 Å². The Hall–Kier alpha value is -1.06. The summed E-state index contributed by atoms with van der Waals surface area (Å²) in [7, 11) is 1.30. The lowest BCUT2D eigenvalue weighted by Gasteiger charge is -2.25. The molecular weight excluding hydrogens is 158 g/mol. The second kappa shape index (κ2) is 3.56. The second-order valence-corrected chi connectivity index (χ2v) is 3.06. The van der Waals surface area contributed by atoms with Crippen molar-refractivity contribution in [2.75, 3.05) is 13.7 Å². The number of esters is 1. The largest absolute Gasteiger partial charge is 0.468 e. The summed E-state index contributed by atoms with van der Waals surface area (Å²) >= 11 is 0. The molecule has 12 heavy (non-hydrogen) atoms. The maximum absolute atomic E-state index is 11.2. The average Bonchev–Trinajstić information content (AvgIpc) is 2.03. The third-order valence-electron chi connectivity index (χ3n) is 2.21. The Morgan fingerprint density at radius 3 is 2.83 bits per heavy atom. The van der Waals surface area contributed by atoms with Crippen molar-refractivity contribution in [3.63, 3.8) is 0 Å². The third-order valence-corrected chi connectivity index (χ3v) is 2.21. The van der Waals surface area contributed by atoms with Crippen LogP contribution in [-0.2, 0) is 14.3 Å². The minimum absolute atomic E-state index is 0.0891. The van der Waals surface area contributed by atoms with Crippen molar-refractivity contribution >= 4 is 11.9 Å². The zero-order valence-corrected chi connectivity index (χ0v) is 7.29. The molecule has 4 heteroatoms. The molecule has 0 aromatic rings. The molecule has 1 fully saturated rings. The van der Waals surface area contributed by atoms with Gasteiger partial charge in [-0.2, -0.15) is 0 Å². The first-order valence-electron chi connectivity index (χ1n) is 4.02. The highest BCUT2D eigenvalue weighted by Gasteiger charge is 2.35. The smallest absolute Gasteiger partial charge is 0.318 e. The minimum Gasteiger partial charge on any atom is -0.468 e. The highest BCUT2D eigenvalue weighted by atomic mass is 16.5. The van der Waals surface area contributed by atoms with Gasteiger partial charge < -0.3 is 10.1 Å². The van der Waals surface area contributed by atoms with Crippen LogP contribution in [-0.4, -0.2) is 25.5 Å². The van der Waals surface area contributed by atoms with E-state index in [0.29, 0.717) is 6.54 Å². The van der Waals surface area contributed by atoms with Crippen LogP contribution in [0.4, 0.5) is 0 Å². The Morgan fingerprint density at radius 1 is 1.67 bits per heavy atom. The monoisotopic (exact) mass is 171 g/mol. The molecule has 0 radical (unpaired) electrons. The van der Waals surface area contributed by atoms with E-state index in [4.69, 9.17) is 0 Å². The Kier molecular flexibility index (Phi) is 2.68. The van der Waals surface area contributed by atoms with Crippen LogP contribution < -0.4 is 5.32 Å². The van der Waals surface area contributed by atoms with Crippen molar-refractivity contribution in [1.82, 2.24) is 5.32 Å². The fourth-order valence-corrected chi connectivity index (χ4v) is 1.42. The average molecular weight is 171 g/mol. The maximum Gasteiger partial charge on any atom is 0.318 e. The normalized spacial score (nSPS) is 29.3. The Bertz CT molecular complexity index is 194. The molecule has 4 nitrogen and oxygen atoms in total. The summed E-state index contributed by atoms with van der Waals surface area (Å²) in [6, 6.07) is 0. The maximum atomic E-state index is 11.2. The van der Waals surface area contributed by atoms with Crippen molar-refractivity contribution < 1.29 is 14.3 Å². The molecule has 1 amide bonds. The molecule has 0 aliphatic carbocycles. The van der Waals surface area contributed by atoms with Gasteiger partial charge in [-0.25, -0.2) is 0 Å². The topological polar surface area (TPSA) is 55.4 Å². The van der Waals surface area contributed by atoms with Crippen molar-refractivity contribution in [2.45, 2.75) is 13.3 Å². The molecule has 0 aromatic carbocycles. The number of piperidine rings is 1. The number of hydrogen-bond acceptors (Lipinski definition) is 3. The van der Waals surface area contributed by atoms with Crippen molar-refractivity contribution in [3.05, 3.63) is 0 Å². The molecule has 1 aliphatic rings. The lowest BCUT2D eigenvalue weighted by molar-refractivity contribution is -0.153. The third kappa shape index (κ3) is 1.57. The first-order chi connectivity index (χ1) is 5.66. The number of ether oxygens (including phenoxy) is 1. The second-order valence-electron chi connectivity index (χ2n) is 3.06. The van der Waals surface area contributed by atoms with Gasteiger partial charge in [0.25, 0.3) is 0 Å². The van der Waals surface area contributed by atoms with Crippen LogP contribution in [0, 0.1) is 11.8 Å². The van der Waals surface area contributed by atoms with Crippen molar-refractivity contribution in [2.24, 2.45) is 11.8 Å². The quantitative estimate of drug-likeness (QED) is 0.444. The van der Waals surface area contributed by atoms with E-state index in [0.717, 1.165) is 6.42 Å². The number of carbonyl (C=O) groups is 2. The van der Waals surface area contributed by atoms with E-state index in [1.54, 1.807) is 0 Å². The van der Waals surface area contributed by atoms with Gasteiger partial charge in [0.05, 0.1) is 7.11 Å². The van der Waals surface area contributed by atoms with E-state index in [1.807, 2.05) is 6.92 Å². The molecule has 0 aromatic heterocycles. The van der Waals surface area contributed by atoms with Gasteiger partial charge in [-0.15, -0.1) is 0 Å². The van der Waals surface area contributed by atoms with Gasteiger partial charge in [0.15, 0.2) is 0 Å². The number of methoxy groups -OCH3 is 1. The van der Waals surface area contributed by atoms with Crippen LogP contribution in [0.25, 0.3) is 0 Å². The Balaban J connectivity index is 2.69. The van der Waals surface area contributed by atoms with Crippen LogP contribution in [0.15, 0.2) is 0 Å². The van der Waals surface area contributed by atoms with E-state index >= 15 is 0 Å². The SMILES string of the molecule is COC(=O)C1C(=O)NCCC1C. The predicted molar refractivity (Wildman–Crippen MR) is 42.3 cm³/mol. The van der Waals surface area contributed by atoms with Crippen LogP contribution >= 0.6 is 0 Å². The molecule has 0 spiro atoms.